The summed E-state index contributed by atoms with van der Waals surface area (Å²) in [6, 6.07) is 10.0. The van der Waals surface area contributed by atoms with E-state index in [9.17, 15) is 0 Å². The van der Waals surface area contributed by atoms with Crippen molar-refractivity contribution in [1.29, 1.82) is 0 Å². The van der Waals surface area contributed by atoms with Crippen molar-refractivity contribution in [3.05, 3.63) is 54.7 Å². The average Bonchev–Trinajstić information content (AvgIpc) is 3.23. The number of hydrogen-bond acceptors (Lipinski definition) is 6. The van der Waals surface area contributed by atoms with E-state index >= 15 is 0 Å². The van der Waals surface area contributed by atoms with Crippen LogP contribution in [0.1, 0.15) is 12.6 Å². The molecule has 0 atom stereocenters. The molecule has 128 valence electrons. The maximum absolute atomic E-state index is 5.18. The van der Waals surface area contributed by atoms with Crippen molar-refractivity contribution in [1.82, 2.24) is 15.0 Å². The summed E-state index contributed by atoms with van der Waals surface area (Å²) in [4.78, 5) is 18.5. The molecule has 4 rings (SSSR count). The summed E-state index contributed by atoms with van der Waals surface area (Å²) in [7, 11) is 0. The molecule has 0 saturated carbocycles. The smallest absolute Gasteiger partial charge is 0.165 e. The van der Waals surface area contributed by atoms with Gasteiger partial charge in [-0.1, -0.05) is 13.0 Å². The molecule has 1 aliphatic rings. The van der Waals surface area contributed by atoms with Crippen LogP contribution in [0, 0.1) is 0 Å². The highest BCUT2D eigenvalue weighted by Gasteiger charge is 2.20. The summed E-state index contributed by atoms with van der Waals surface area (Å²) in [5, 5.41) is 0. The van der Waals surface area contributed by atoms with Crippen molar-refractivity contribution < 1.29 is 4.42 Å². The average molecular weight is 335 g/mol. The summed E-state index contributed by atoms with van der Waals surface area (Å²) < 4.78 is 5.18. The van der Waals surface area contributed by atoms with Crippen LogP contribution < -0.4 is 9.80 Å². The second-order valence-electron chi connectivity index (χ2n) is 6.07. The molecule has 3 aromatic rings. The number of anilines is 2. The highest BCUT2D eigenvalue weighted by Crippen LogP contribution is 2.23. The Morgan fingerprint density at radius 3 is 2.44 bits per heavy atom. The number of rotatable bonds is 4. The number of furan rings is 1. The molecule has 0 aliphatic carbocycles. The predicted octanol–water partition coefficient (Wildman–Crippen LogP) is 3.02. The molecule has 0 N–H and O–H groups in total. The summed E-state index contributed by atoms with van der Waals surface area (Å²) in [5.41, 5.74) is 1.97. The fraction of sp³-hybridized carbons (Fsp3) is 0.316. The zero-order valence-electron chi connectivity index (χ0n) is 14.3. The maximum Gasteiger partial charge on any atom is 0.165 e. The number of aromatic nitrogens is 3. The Balaban J connectivity index is 1.54. The van der Waals surface area contributed by atoms with Crippen LogP contribution in [0.3, 0.4) is 0 Å². The molecule has 25 heavy (non-hydrogen) atoms. The second-order valence-corrected chi connectivity index (χ2v) is 6.07. The third-order valence-electron chi connectivity index (χ3n) is 4.48. The van der Waals surface area contributed by atoms with Crippen molar-refractivity contribution in [2.24, 2.45) is 0 Å². The molecule has 1 aliphatic heterocycles. The van der Waals surface area contributed by atoms with Gasteiger partial charge in [0.1, 0.15) is 17.9 Å². The van der Waals surface area contributed by atoms with Crippen molar-refractivity contribution in [2.75, 3.05) is 36.0 Å². The van der Waals surface area contributed by atoms with E-state index in [-0.39, 0.29) is 0 Å². The molecular weight excluding hydrogens is 314 g/mol. The van der Waals surface area contributed by atoms with Gasteiger partial charge in [-0.2, -0.15) is 0 Å². The van der Waals surface area contributed by atoms with Crippen molar-refractivity contribution in [2.45, 2.75) is 13.3 Å². The van der Waals surface area contributed by atoms with Crippen LogP contribution in [0.25, 0.3) is 11.4 Å². The van der Waals surface area contributed by atoms with Crippen LogP contribution in [-0.2, 0) is 6.42 Å². The molecule has 0 amide bonds. The monoisotopic (exact) mass is 335 g/mol. The van der Waals surface area contributed by atoms with Gasteiger partial charge in [-0.15, -0.1) is 0 Å². The minimum Gasteiger partial charge on any atom is -0.472 e. The summed E-state index contributed by atoms with van der Waals surface area (Å²) >= 11 is 0. The molecule has 0 spiro atoms. The highest BCUT2D eigenvalue weighted by atomic mass is 16.3. The fourth-order valence-corrected chi connectivity index (χ4v) is 3.05. The molecule has 6 nitrogen and oxygen atoms in total. The van der Waals surface area contributed by atoms with Crippen LogP contribution in [0.15, 0.2) is 53.5 Å². The molecule has 0 radical (unpaired) electrons. The van der Waals surface area contributed by atoms with Gasteiger partial charge < -0.3 is 14.2 Å². The summed E-state index contributed by atoms with van der Waals surface area (Å²) in [5.74, 6) is 2.76. The minimum atomic E-state index is 0.732. The standard InChI is InChI=1S/C19H21N5O/c1-2-16-13-18(22-19(21-16)15-6-12-25-14-15)24-10-8-23(9-11-24)17-5-3-4-7-20-17/h3-7,12-14H,2,8-11H2,1H3. The Morgan fingerprint density at radius 2 is 1.80 bits per heavy atom. The molecular formula is C19H21N5O. The highest BCUT2D eigenvalue weighted by molar-refractivity contribution is 5.57. The van der Waals surface area contributed by atoms with Crippen LogP contribution in [0.4, 0.5) is 11.6 Å². The first-order valence-electron chi connectivity index (χ1n) is 8.65. The van der Waals surface area contributed by atoms with Gasteiger partial charge >= 0.3 is 0 Å². The van der Waals surface area contributed by atoms with Crippen LogP contribution in [0.5, 0.6) is 0 Å². The van der Waals surface area contributed by atoms with Gasteiger partial charge in [0, 0.05) is 44.1 Å². The van der Waals surface area contributed by atoms with E-state index in [1.807, 2.05) is 24.4 Å². The lowest BCUT2D eigenvalue weighted by Gasteiger charge is -2.36. The van der Waals surface area contributed by atoms with Crippen LogP contribution in [-0.4, -0.2) is 41.1 Å². The normalized spacial score (nSPS) is 14.8. The topological polar surface area (TPSA) is 58.3 Å². The first kappa shape index (κ1) is 15.6. The SMILES string of the molecule is CCc1cc(N2CCN(c3ccccn3)CC2)nc(-c2ccoc2)n1. The quantitative estimate of drug-likeness (QED) is 0.730. The second kappa shape index (κ2) is 6.93. The van der Waals surface area contributed by atoms with E-state index < -0.39 is 0 Å². The number of hydrogen-bond donors (Lipinski definition) is 0. The van der Waals surface area contributed by atoms with E-state index in [1.165, 1.54) is 0 Å². The first-order chi connectivity index (χ1) is 12.3. The van der Waals surface area contributed by atoms with E-state index in [0.717, 1.165) is 61.3 Å². The van der Waals surface area contributed by atoms with Gasteiger partial charge in [0.05, 0.1) is 11.8 Å². The third-order valence-corrected chi connectivity index (χ3v) is 4.48. The molecule has 1 saturated heterocycles. The van der Waals surface area contributed by atoms with E-state index in [2.05, 4.69) is 38.8 Å². The third kappa shape index (κ3) is 3.33. The summed E-state index contributed by atoms with van der Waals surface area (Å²) in [6.45, 7) is 5.82. The van der Waals surface area contributed by atoms with Gasteiger partial charge in [0.2, 0.25) is 0 Å². The molecule has 6 heteroatoms. The maximum atomic E-state index is 5.18. The Bertz CT molecular complexity index is 811. The molecule has 0 unspecified atom stereocenters. The van der Waals surface area contributed by atoms with Gasteiger partial charge in [-0.25, -0.2) is 15.0 Å². The molecule has 3 aromatic heterocycles. The summed E-state index contributed by atoms with van der Waals surface area (Å²) in [6.07, 6.45) is 6.07. The van der Waals surface area contributed by atoms with E-state index in [4.69, 9.17) is 9.40 Å². The van der Waals surface area contributed by atoms with E-state index in [0.29, 0.717) is 0 Å². The van der Waals surface area contributed by atoms with Gasteiger partial charge in [-0.05, 0) is 24.6 Å². The van der Waals surface area contributed by atoms with Crippen molar-refractivity contribution in [3.8, 4) is 11.4 Å². The number of nitrogens with zero attached hydrogens (tertiary/aromatic N) is 5. The van der Waals surface area contributed by atoms with Gasteiger partial charge in [0.25, 0.3) is 0 Å². The molecule has 1 fully saturated rings. The first-order valence-corrected chi connectivity index (χ1v) is 8.65. The predicted molar refractivity (Wildman–Crippen MR) is 97.8 cm³/mol. The number of piperazine rings is 1. The Kier molecular flexibility index (Phi) is 4.33. The lowest BCUT2D eigenvalue weighted by molar-refractivity contribution is 0.568. The molecule has 4 heterocycles. The Hall–Kier alpha value is -2.89. The van der Waals surface area contributed by atoms with Crippen LogP contribution in [0.2, 0.25) is 0 Å². The largest absolute Gasteiger partial charge is 0.472 e. The number of pyridine rings is 1. The Labute approximate surface area is 147 Å². The van der Waals surface area contributed by atoms with E-state index in [1.54, 1.807) is 12.5 Å². The molecule has 0 aromatic carbocycles. The van der Waals surface area contributed by atoms with Crippen LogP contribution >= 0.6 is 0 Å². The van der Waals surface area contributed by atoms with Gasteiger partial charge in [0.15, 0.2) is 5.82 Å². The Morgan fingerprint density at radius 1 is 1.00 bits per heavy atom. The fourth-order valence-electron chi connectivity index (χ4n) is 3.05. The minimum absolute atomic E-state index is 0.732. The zero-order chi connectivity index (χ0) is 17.1. The lowest BCUT2D eigenvalue weighted by Crippen LogP contribution is -2.47. The van der Waals surface area contributed by atoms with Crippen molar-refractivity contribution in [3.63, 3.8) is 0 Å². The lowest BCUT2D eigenvalue weighted by atomic mass is 10.2. The number of aryl methyl sites for hydroxylation is 1. The van der Waals surface area contributed by atoms with Crippen molar-refractivity contribution >= 4 is 11.6 Å². The van der Waals surface area contributed by atoms with Gasteiger partial charge in [-0.3, -0.25) is 0 Å². The molecule has 0 bridgehead atoms. The zero-order valence-corrected chi connectivity index (χ0v) is 14.3.